The smallest absolute Gasteiger partial charge is 0.311 e. The monoisotopic (exact) mass is 297 g/mol. The number of carbonyl (C=O) groups excluding carboxylic acids is 1. The Bertz CT molecular complexity index is 432. The Morgan fingerprint density at radius 1 is 1.55 bits per heavy atom. The second-order valence-electron chi connectivity index (χ2n) is 4.91. The van der Waals surface area contributed by atoms with Gasteiger partial charge in [-0.05, 0) is 26.3 Å². The largest absolute Gasteiger partial charge is 0.466 e. The molecule has 1 aliphatic rings. The molecule has 20 heavy (non-hydrogen) atoms. The minimum atomic E-state index is -0.213. The number of anilines is 1. The lowest BCUT2D eigenvalue weighted by Crippen LogP contribution is -2.30. The van der Waals surface area contributed by atoms with E-state index in [0.29, 0.717) is 6.61 Å². The maximum absolute atomic E-state index is 11.4. The number of esters is 1. The number of nitrogens with zero attached hydrogens (tertiary/aromatic N) is 2. The summed E-state index contributed by atoms with van der Waals surface area (Å²) in [4.78, 5) is 18.3. The molecule has 0 unspecified atom stereocenters. The standard InChI is InChI=1S/C14H23N3O2S/c1-3-17(12-5-6-12)8-7-15-14-16-11(10-20-14)9-13(18)19-4-2/h10,12H,3-9H2,1-2H3,(H,15,16). The quantitative estimate of drug-likeness (QED) is 0.708. The summed E-state index contributed by atoms with van der Waals surface area (Å²) in [5.41, 5.74) is 0.783. The Morgan fingerprint density at radius 3 is 3.00 bits per heavy atom. The molecule has 0 bridgehead atoms. The van der Waals surface area contributed by atoms with Gasteiger partial charge in [0.05, 0.1) is 18.7 Å². The van der Waals surface area contributed by atoms with Gasteiger partial charge in [0.2, 0.25) is 0 Å². The van der Waals surface area contributed by atoms with Gasteiger partial charge in [-0.3, -0.25) is 9.69 Å². The third kappa shape index (κ3) is 4.76. The van der Waals surface area contributed by atoms with Gasteiger partial charge in [0.1, 0.15) is 0 Å². The van der Waals surface area contributed by atoms with Crippen LogP contribution in [-0.4, -0.2) is 48.1 Å². The van der Waals surface area contributed by atoms with Crippen LogP contribution in [0.2, 0.25) is 0 Å². The van der Waals surface area contributed by atoms with Gasteiger partial charge in [-0.25, -0.2) is 4.98 Å². The van der Waals surface area contributed by atoms with Crippen LogP contribution in [0.3, 0.4) is 0 Å². The highest BCUT2D eigenvalue weighted by atomic mass is 32.1. The summed E-state index contributed by atoms with van der Waals surface area (Å²) in [5.74, 6) is -0.213. The predicted octanol–water partition coefficient (Wildman–Crippen LogP) is 2.14. The first-order valence-electron chi connectivity index (χ1n) is 7.30. The van der Waals surface area contributed by atoms with Crippen LogP contribution in [0, 0.1) is 0 Å². The molecule has 2 rings (SSSR count). The highest BCUT2D eigenvalue weighted by molar-refractivity contribution is 7.13. The number of thiazole rings is 1. The Kier molecular flexibility index (Phi) is 5.79. The van der Waals surface area contributed by atoms with Crippen molar-refractivity contribution in [2.75, 3.05) is 31.6 Å². The van der Waals surface area contributed by atoms with E-state index >= 15 is 0 Å². The zero-order valence-corrected chi connectivity index (χ0v) is 13.0. The summed E-state index contributed by atoms with van der Waals surface area (Å²) in [6, 6.07) is 0.803. The molecule has 1 aromatic rings. The molecule has 1 fully saturated rings. The van der Waals surface area contributed by atoms with Crippen molar-refractivity contribution in [3.63, 3.8) is 0 Å². The van der Waals surface area contributed by atoms with E-state index in [1.54, 1.807) is 11.3 Å². The van der Waals surface area contributed by atoms with Crippen LogP contribution in [-0.2, 0) is 16.0 Å². The van der Waals surface area contributed by atoms with E-state index < -0.39 is 0 Å². The maximum Gasteiger partial charge on any atom is 0.311 e. The molecule has 0 aliphatic heterocycles. The maximum atomic E-state index is 11.4. The molecule has 0 atom stereocenters. The van der Waals surface area contributed by atoms with Crippen molar-refractivity contribution in [1.29, 1.82) is 0 Å². The molecule has 0 aromatic carbocycles. The number of nitrogens with one attached hydrogen (secondary N) is 1. The lowest BCUT2D eigenvalue weighted by atomic mass is 10.3. The Balaban J connectivity index is 1.70. The van der Waals surface area contributed by atoms with Gasteiger partial charge in [0.25, 0.3) is 0 Å². The van der Waals surface area contributed by atoms with E-state index in [-0.39, 0.29) is 12.4 Å². The van der Waals surface area contributed by atoms with Gasteiger partial charge in [-0.1, -0.05) is 6.92 Å². The lowest BCUT2D eigenvalue weighted by Gasteiger charge is -2.19. The number of hydrogen-bond acceptors (Lipinski definition) is 6. The van der Waals surface area contributed by atoms with Crippen LogP contribution in [0.5, 0.6) is 0 Å². The zero-order valence-electron chi connectivity index (χ0n) is 12.2. The SMILES string of the molecule is CCOC(=O)Cc1csc(NCCN(CC)C2CC2)n1. The van der Waals surface area contributed by atoms with E-state index in [4.69, 9.17) is 4.74 Å². The van der Waals surface area contributed by atoms with E-state index in [1.807, 2.05) is 12.3 Å². The summed E-state index contributed by atoms with van der Waals surface area (Å²) in [6.45, 7) is 7.50. The molecular weight excluding hydrogens is 274 g/mol. The van der Waals surface area contributed by atoms with Crippen molar-refractivity contribution in [2.45, 2.75) is 39.2 Å². The van der Waals surface area contributed by atoms with Gasteiger partial charge < -0.3 is 10.1 Å². The molecule has 1 heterocycles. The first kappa shape index (κ1) is 15.3. The Hall–Kier alpha value is -1.14. The Labute approximate surface area is 124 Å². The molecular formula is C14H23N3O2S. The minimum Gasteiger partial charge on any atom is -0.466 e. The topological polar surface area (TPSA) is 54.5 Å². The highest BCUT2D eigenvalue weighted by Crippen LogP contribution is 2.26. The van der Waals surface area contributed by atoms with E-state index in [1.165, 1.54) is 12.8 Å². The molecule has 1 aliphatic carbocycles. The van der Waals surface area contributed by atoms with E-state index in [9.17, 15) is 4.79 Å². The third-order valence-electron chi connectivity index (χ3n) is 3.33. The second kappa shape index (κ2) is 7.59. The Morgan fingerprint density at radius 2 is 2.35 bits per heavy atom. The number of carbonyl (C=O) groups is 1. The number of rotatable bonds is 9. The molecule has 1 saturated carbocycles. The number of aromatic nitrogens is 1. The normalized spacial score (nSPS) is 14.6. The average molecular weight is 297 g/mol. The lowest BCUT2D eigenvalue weighted by molar-refractivity contribution is -0.142. The van der Waals surface area contributed by atoms with Crippen molar-refractivity contribution in [2.24, 2.45) is 0 Å². The summed E-state index contributed by atoms with van der Waals surface area (Å²) in [6.07, 6.45) is 2.94. The van der Waals surface area contributed by atoms with Crippen molar-refractivity contribution in [1.82, 2.24) is 9.88 Å². The first-order valence-corrected chi connectivity index (χ1v) is 8.18. The molecule has 0 radical (unpaired) electrons. The molecule has 1 aromatic heterocycles. The molecule has 0 amide bonds. The summed E-state index contributed by atoms with van der Waals surface area (Å²) >= 11 is 1.54. The van der Waals surface area contributed by atoms with E-state index in [2.05, 4.69) is 22.1 Å². The summed E-state index contributed by atoms with van der Waals surface area (Å²) in [7, 11) is 0. The fourth-order valence-electron chi connectivity index (χ4n) is 2.17. The van der Waals surface area contributed by atoms with Gasteiger partial charge >= 0.3 is 5.97 Å². The molecule has 0 saturated heterocycles. The summed E-state index contributed by atoms with van der Waals surface area (Å²) in [5, 5.41) is 6.13. The average Bonchev–Trinajstić information content (AvgIpc) is 3.17. The van der Waals surface area contributed by atoms with Crippen molar-refractivity contribution in [3.8, 4) is 0 Å². The second-order valence-corrected chi connectivity index (χ2v) is 5.77. The fraction of sp³-hybridized carbons (Fsp3) is 0.714. The zero-order chi connectivity index (χ0) is 14.4. The predicted molar refractivity (Wildman–Crippen MR) is 81.2 cm³/mol. The van der Waals surface area contributed by atoms with Gasteiger partial charge in [-0.2, -0.15) is 0 Å². The van der Waals surface area contributed by atoms with Crippen molar-refractivity contribution < 1.29 is 9.53 Å². The number of hydrogen-bond donors (Lipinski definition) is 1. The van der Waals surface area contributed by atoms with Crippen molar-refractivity contribution in [3.05, 3.63) is 11.1 Å². The number of likely N-dealkylation sites (N-methyl/N-ethyl adjacent to an activating group) is 1. The third-order valence-corrected chi connectivity index (χ3v) is 4.18. The molecule has 112 valence electrons. The van der Waals surface area contributed by atoms with Crippen molar-refractivity contribution >= 4 is 22.4 Å². The first-order chi connectivity index (χ1) is 9.72. The molecule has 0 spiro atoms. The molecule has 5 nitrogen and oxygen atoms in total. The van der Waals surface area contributed by atoms with Gasteiger partial charge in [0.15, 0.2) is 5.13 Å². The highest BCUT2D eigenvalue weighted by Gasteiger charge is 2.27. The van der Waals surface area contributed by atoms with Crippen LogP contribution in [0.15, 0.2) is 5.38 Å². The van der Waals surface area contributed by atoms with Gasteiger partial charge in [-0.15, -0.1) is 11.3 Å². The van der Waals surface area contributed by atoms with E-state index in [0.717, 1.165) is 36.5 Å². The summed E-state index contributed by atoms with van der Waals surface area (Å²) < 4.78 is 4.91. The van der Waals surface area contributed by atoms with Crippen LogP contribution in [0.1, 0.15) is 32.4 Å². The van der Waals surface area contributed by atoms with Crippen LogP contribution >= 0.6 is 11.3 Å². The minimum absolute atomic E-state index is 0.213. The molecule has 6 heteroatoms. The number of ether oxygens (including phenoxy) is 1. The van der Waals surface area contributed by atoms with Crippen LogP contribution in [0.25, 0.3) is 0 Å². The molecule has 1 N–H and O–H groups in total. The van der Waals surface area contributed by atoms with Gasteiger partial charge in [0, 0.05) is 24.5 Å². The van der Waals surface area contributed by atoms with Crippen LogP contribution in [0.4, 0.5) is 5.13 Å². The van der Waals surface area contributed by atoms with Crippen LogP contribution < -0.4 is 5.32 Å². The fourth-order valence-corrected chi connectivity index (χ4v) is 2.91.